The van der Waals surface area contributed by atoms with Crippen molar-refractivity contribution in [1.82, 2.24) is 0 Å². The highest BCUT2D eigenvalue weighted by atomic mass is 32.2. The van der Waals surface area contributed by atoms with Gasteiger partial charge in [-0.25, -0.2) is 5.14 Å². The molecule has 1 saturated heterocycles. The Morgan fingerprint density at radius 2 is 1.86 bits per heavy atom. The van der Waals surface area contributed by atoms with Gasteiger partial charge in [0.2, 0.25) is 0 Å². The summed E-state index contributed by atoms with van der Waals surface area (Å²) in [5.74, 6) is -0.604. The fraction of sp³-hybridized carbons (Fsp3) is 0.571. The zero-order valence-corrected chi connectivity index (χ0v) is 12.4. The maximum Gasteiger partial charge on any atom is 0.333 e. The molecule has 0 bridgehead atoms. The van der Waals surface area contributed by atoms with Crippen LogP contribution in [0.15, 0.2) is 30.3 Å². The summed E-state index contributed by atoms with van der Waals surface area (Å²) in [5, 5.41) is 4.90. The van der Waals surface area contributed by atoms with Crippen LogP contribution in [0, 0.1) is 0 Å². The van der Waals surface area contributed by atoms with Gasteiger partial charge in [-0.3, -0.25) is 4.18 Å². The molecule has 1 heterocycles. The predicted molar refractivity (Wildman–Crippen MR) is 75.4 cm³/mol. The third-order valence-corrected chi connectivity index (χ3v) is 4.40. The van der Waals surface area contributed by atoms with Crippen molar-refractivity contribution < 1.29 is 22.1 Å². The smallest absolute Gasteiger partial charge is 0.333 e. The molecule has 1 aromatic rings. The molecule has 2 fully saturated rings. The first-order valence-corrected chi connectivity index (χ1v) is 8.52. The van der Waals surface area contributed by atoms with Gasteiger partial charge in [0.25, 0.3) is 0 Å². The minimum absolute atomic E-state index is 0.139. The zero-order valence-electron chi connectivity index (χ0n) is 11.6. The summed E-state index contributed by atoms with van der Waals surface area (Å²) in [4.78, 5) is 0. The van der Waals surface area contributed by atoms with Gasteiger partial charge in [-0.05, 0) is 18.4 Å². The number of rotatable bonds is 4. The molecule has 0 amide bonds. The van der Waals surface area contributed by atoms with Gasteiger partial charge < -0.3 is 9.47 Å². The fourth-order valence-electron chi connectivity index (χ4n) is 3.03. The lowest BCUT2D eigenvalue weighted by Gasteiger charge is -2.21. The van der Waals surface area contributed by atoms with E-state index >= 15 is 0 Å². The molecule has 2 unspecified atom stereocenters. The minimum atomic E-state index is -3.99. The number of benzene rings is 1. The summed E-state index contributed by atoms with van der Waals surface area (Å²) < 4.78 is 38.9. The molecule has 2 aliphatic rings. The van der Waals surface area contributed by atoms with Gasteiger partial charge >= 0.3 is 10.3 Å². The van der Waals surface area contributed by atoms with Gasteiger partial charge in [-0.1, -0.05) is 30.3 Å². The summed E-state index contributed by atoms with van der Waals surface area (Å²) in [6.45, 7) is -0.139. The molecule has 2 N–H and O–H groups in total. The number of ether oxygens (including phenoxy) is 2. The van der Waals surface area contributed by atoms with Crippen LogP contribution in [0.1, 0.15) is 37.4 Å². The van der Waals surface area contributed by atoms with Gasteiger partial charge in [0.15, 0.2) is 5.79 Å². The van der Waals surface area contributed by atoms with E-state index in [2.05, 4.69) is 0 Å². The van der Waals surface area contributed by atoms with Crippen LogP contribution in [0.5, 0.6) is 0 Å². The van der Waals surface area contributed by atoms with Crippen LogP contribution < -0.4 is 5.14 Å². The van der Waals surface area contributed by atoms with Crippen LogP contribution in [0.3, 0.4) is 0 Å². The molecule has 3 rings (SSSR count). The minimum Gasteiger partial charge on any atom is -0.341 e. The van der Waals surface area contributed by atoms with Crippen molar-refractivity contribution in [2.24, 2.45) is 5.14 Å². The average Bonchev–Trinajstić information content (AvgIpc) is 3.05. The first-order chi connectivity index (χ1) is 9.98. The Labute approximate surface area is 124 Å². The quantitative estimate of drug-likeness (QED) is 0.913. The van der Waals surface area contributed by atoms with E-state index < -0.39 is 22.2 Å². The van der Waals surface area contributed by atoms with Crippen molar-refractivity contribution in [3.05, 3.63) is 35.9 Å². The Morgan fingerprint density at radius 3 is 2.48 bits per heavy atom. The summed E-state index contributed by atoms with van der Waals surface area (Å²) in [5.41, 5.74) is 0.948. The molecular weight excluding hydrogens is 294 g/mol. The lowest BCUT2D eigenvalue weighted by atomic mass is 10.1. The van der Waals surface area contributed by atoms with Gasteiger partial charge in [-0.15, -0.1) is 0 Å². The lowest BCUT2D eigenvalue weighted by Crippen LogP contribution is -2.29. The van der Waals surface area contributed by atoms with Crippen molar-refractivity contribution in [1.29, 1.82) is 0 Å². The summed E-state index contributed by atoms with van der Waals surface area (Å²) >= 11 is 0. The normalized spacial score (nSPS) is 28.2. The van der Waals surface area contributed by atoms with E-state index in [0.717, 1.165) is 31.2 Å². The molecule has 6 nitrogen and oxygen atoms in total. The lowest BCUT2D eigenvalue weighted by molar-refractivity contribution is -0.171. The summed E-state index contributed by atoms with van der Waals surface area (Å²) in [6, 6.07) is 9.62. The van der Waals surface area contributed by atoms with Crippen molar-refractivity contribution in [3.8, 4) is 0 Å². The Hall–Kier alpha value is -0.990. The van der Waals surface area contributed by atoms with Crippen LogP contribution >= 0.6 is 0 Å². The first kappa shape index (κ1) is 14.9. The molecule has 1 aliphatic heterocycles. The Balaban J connectivity index is 1.80. The third kappa shape index (κ3) is 3.44. The molecule has 1 aliphatic carbocycles. The SMILES string of the molecule is NS(=O)(=O)OCC1OC2(CCCC2)OC1c1ccccc1. The van der Waals surface area contributed by atoms with Crippen LogP contribution in [0.4, 0.5) is 0 Å². The van der Waals surface area contributed by atoms with Crippen LogP contribution in [-0.2, 0) is 24.0 Å². The van der Waals surface area contributed by atoms with Gasteiger partial charge in [0.1, 0.15) is 12.2 Å². The topological polar surface area (TPSA) is 87.9 Å². The van der Waals surface area contributed by atoms with E-state index in [-0.39, 0.29) is 12.7 Å². The van der Waals surface area contributed by atoms with Crippen molar-refractivity contribution in [3.63, 3.8) is 0 Å². The Kier molecular flexibility index (Phi) is 4.02. The molecule has 21 heavy (non-hydrogen) atoms. The Morgan fingerprint density at radius 1 is 1.19 bits per heavy atom. The van der Waals surface area contributed by atoms with Gasteiger partial charge in [0, 0.05) is 12.8 Å². The average molecular weight is 313 g/mol. The second kappa shape index (κ2) is 5.66. The third-order valence-electron chi connectivity index (χ3n) is 3.94. The standard InChI is InChI=1S/C14H19NO5S/c15-21(16,17)18-10-12-13(11-6-2-1-3-7-11)20-14(19-12)8-4-5-9-14/h1-3,6-7,12-13H,4-5,8-10H2,(H2,15,16,17). The molecule has 116 valence electrons. The highest BCUT2D eigenvalue weighted by Gasteiger charge is 2.49. The fourth-order valence-corrected chi connectivity index (χ4v) is 3.35. The van der Waals surface area contributed by atoms with E-state index in [1.165, 1.54) is 0 Å². The van der Waals surface area contributed by atoms with Crippen LogP contribution in [0.2, 0.25) is 0 Å². The number of nitrogens with two attached hydrogens (primary N) is 1. The molecule has 2 atom stereocenters. The maximum absolute atomic E-state index is 11.0. The zero-order chi connectivity index (χ0) is 14.9. The first-order valence-electron chi connectivity index (χ1n) is 7.05. The van der Waals surface area contributed by atoms with Crippen molar-refractivity contribution in [2.75, 3.05) is 6.61 Å². The van der Waals surface area contributed by atoms with Crippen molar-refractivity contribution in [2.45, 2.75) is 43.7 Å². The number of hydrogen-bond donors (Lipinski definition) is 1. The molecule has 0 aromatic heterocycles. The molecule has 7 heteroatoms. The maximum atomic E-state index is 11.0. The Bertz CT molecular complexity index is 583. The van der Waals surface area contributed by atoms with Crippen LogP contribution in [-0.4, -0.2) is 26.9 Å². The summed E-state index contributed by atoms with van der Waals surface area (Å²) in [7, 11) is -3.99. The predicted octanol–water partition coefficient (Wildman–Crippen LogP) is 1.63. The van der Waals surface area contributed by atoms with E-state index in [1.54, 1.807) is 0 Å². The second-order valence-electron chi connectivity index (χ2n) is 5.50. The molecule has 1 aromatic carbocycles. The van der Waals surface area contributed by atoms with E-state index in [0.29, 0.717) is 0 Å². The number of hydrogen-bond acceptors (Lipinski definition) is 5. The molecular formula is C14H19NO5S. The van der Waals surface area contributed by atoms with E-state index in [9.17, 15) is 8.42 Å². The monoisotopic (exact) mass is 313 g/mol. The van der Waals surface area contributed by atoms with Crippen LogP contribution in [0.25, 0.3) is 0 Å². The summed E-state index contributed by atoms with van der Waals surface area (Å²) in [6.07, 6.45) is 2.91. The largest absolute Gasteiger partial charge is 0.341 e. The van der Waals surface area contributed by atoms with E-state index in [1.807, 2.05) is 30.3 Å². The van der Waals surface area contributed by atoms with Gasteiger partial charge in [-0.2, -0.15) is 8.42 Å². The molecule has 1 saturated carbocycles. The highest BCUT2D eigenvalue weighted by Crippen LogP contribution is 2.47. The second-order valence-corrected chi connectivity index (χ2v) is 6.72. The van der Waals surface area contributed by atoms with Gasteiger partial charge in [0.05, 0.1) is 6.61 Å². The highest BCUT2D eigenvalue weighted by molar-refractivity contribution is 7.84. The molecule has 0 radical (unpaired) electrons. The van der Waals surface area contributed by atoms with Crippen molar-refractivity contribution >= 4 is 10.3 Å². The molecule has 1 spiro atoms. The van der Waals surface area contributed by atoms with E-state index in [4.69, 9.17) is 18.8 Å².